The maximum atomic E-state index is 6.75. The second-order valence-electron chi connectivity index (χ2n) is 4.59. The van der Waals surface area contributed by atoms with Gasteiger partial charge >= 0.3 is 18.9 Å². The molecule has 0 aliphatic carbocycles. The molecule has 0 aliphatic heterocycles. The summed E-state index contributed by atoms with van der Waals surface area (Å²) in [6.07, 6.45) is 0. The molecule has 3 nitrogen and oxygen atoms in total. The van der Waals surface area contributed by atoms with Crippen molar-refractivity contribution in [2.45, 2.75) is 39.3 Å². The predicted octanol–water partition coefficient (Wildman–Crippen LogP) is 0.611. The fraction of sp³-hybridized carbons (Fsp3) is 1.00. The molecule has 0 N–H and O–H groups in total. The van der Waals surface area contributed by atoms with E-state index in [1.807, 2.05) is 0 Å². The fourth-order valence-electron chi connectivity index (χ4n) is 0. The SMILES string of the molecule is C[Si](C)(C)[Si](C)(C)C.[Li+].[N-]=[N+]=[N-]. The van der Waals surface area contributed by atoms with Crippen LogP contribution in [0.25, 0.3) is 16.0 Å². The van der Waals surface area contributed by atoms with Crippen LogP contribution in [0, 0.1) is 0 Å². The second kappa shape index (κ2) is 6.81. The van der Waals surface area contributed by atoms with Crippen LogP contribution in [0.15, 0.2) is 0 Å². The van der Waals surface area contributed by atoms with Gasteiger partial charge < -0.3 is 11.1 Å². The Bertz CT molecular complexity index is 130. The van der Waals surface area contributed by atoms with Gasteiger partial charge in [-0.1, -0.05) is 39.3 Å². The first kappa shape index (κ1) is 18.2. The van der Waals surface area contributed by atoms with Gasteiger partial charge in [0, 0.05) is 15.2 Å². The van der Waals surface area contributed by atoms with Gasteiger partial charge in [-0.2, -0.15) is 0 Å². The van der Waals surface area contributed by atoms with Crippen molar-refractivity contribution in [1.29, 1.82) is 0 Å². The van der Waals surface area contributed by atoms with Crippen LogP contribution in [-0.2, 0) is 0 Å². The largest absolute Gasteiger partial charge is 1.00 e. The topological polar surface area (TPSA) is 58.7 Å². The molecular weight excluding hydrogens is 177 g/mol. The smallest absolute Gasteiger partial charge is 0.373 e. The van der Waals surface area contributed by atoms with Gasteiger partial charge in [-0.15, -0.1) is 0 Å². The molecule has 0 saturated heterocycles. The van der Waals surface area contributed by atoms with E-state index in [0.717, 1.165) is 0 Å². The van der Waals surface area contributed by atoms with Gasteiger partial charge in [-0.3, -0.25) is 4.91 Å². The zero-order valence-corrected chi connectivity index (χ0v) is 11.3. The fourth-order valence-corrected chi connectivity index (χ4v) is 0. The molecule has 0 rings (SSSR count). The van der Waals surface area contributed by atoms with E-state index >= 15 is 0 Å². The Kier molecular flexibility index (Phi) is 10.3. The minimum atomic E-state index is -0.720. The summed E-state index contributed by atoms with van der Waals surface area (Å²) < 4.78 is 0. The summed E-state index contributed by atoms with van der Waals surface area (Å²) in [5, 5.41) is 0. The third-order valence-corrected chi connectivity index (χ3v) is 20.2. The van der Waals surface area contributed by atoms with E-state index in [1.54, 1.807) is 0 Å². The van der Waals surface area contributed by atoms with Crippen molar-refractivity contribution in [3.8, 4) is 0 Å². The minimum Gasteiger partial charge on any atom is -0.373 e. The molecular formula is C6H18LiN3Si2. The standard InChI is InChI=1S/C6H18Si2.Li.N3/c1-7(2,3)8(4,5)6;;1-3-2/h1-6H3;;/q;+1;-1. The first-order chi connectivity index (χ1) is 4.66. The van der Waals surface area contributed by atoms with Gasteiger partial charge in [0.05, 0.1) is 0 Å². The average Bonchev–Trinajstić information content (AvgIpc) is 1.60. The van der Waals surface area contributed by atoms with Gasteiger partial charge in [-0.05, 0) is 0 Å². The summed E-state index contributed by atoms with van der Waals surface area (Å²) in [5.74, 6) is 0. The molecule has 0 amide bonds. The van der Waals surface area contributed by atoms with Gasteiger partial charge in [-0.25, -0.2) is 0 Å². The number of hydrogen-bond donors (Lipinski definition) is 0. The third-order valence-electron chi connectivity index (χ3n) is 2.25. The van der Waals surface area contributed by atoms with Gasteiger partial charge in [0.25, 0.3) is 0 Å². The average molecular weight is 195 g/mol. The van der Waals surface area contributed by atoms with Crippen molar-refractivity contribution >= 4 is 15.2 Å². The van der Waals surface area contributed by atoms with Crippen molar-refractivity contribution in [3.63, 3.8) is 0 Å². The van der Waals surface area contributed by atoms with Crippen LogP contribution in [0.3, 0.4) is 0 Å². The van der Waals surface area contributed by atoms with Crippen LogP contribution in [0.5, 0.6) is 0 Å². The second-order valence-corrected chi connectivity index (χ2v) is 22.6. The Labute approximate surface area is 89.3 Å². The van der Waals surface area contributed by atoms with Crippen LogP contribution >= 0.6 is 0 Å². The molecule has 0 heterocycles. The van der Waals surface area contributed by atoms with Crippen molar-refractivity contribution in [2.75, 3.05) is 0 Å². The maximum absolute atomic E-state index is 6.75. The Balaban J connectivity index is -0.000000177. The van der Waals surface area contributed by atoms with Crippen LogP contribution in [0.2, 0.25) is 39.3 Å². The molecule has 12 heavy (non-hydrogen) atoms. The van der Waals surface area contributed by atoms with E-state index in [0.29, 0.717) is 0 Å². The van der Waals surface area contributed by atoms with Crippen LogP contribution in [0.1, 0.15) is 0 Å². The molecule has 66 valence electrons. The number of rotatable bonds is 1. The zero-order valence-electron chi connectivity index (χ0n) is 9.34. The van der Waals surface area contributed by atoms with Crippen molar-refractivity contribution in [2.24, 2.45) is 0 Å². The predicted molar refractivity (Wildman–Crippen MR) is 56.8 cm³/mol. The molecule has 0 atom stereocenters. The molecule has 0 fully saturated rings. The maximum Gasteiger partial charge on any atom is 1.00 e. The first-order valence-corrected chi connectivity index (χ1v) is 11.6. The summed E-state index contributed by atoms with van der Waals surface area (Å²) in [6.45, 7) is 14.8. The zero-order chi connectivity index (χ0) is 9.71. The van der Waals surface area contributed by atoms with Gasteiger partial charge in [0.15, 0.2) is 0 Å². The molecule has 0 unspecified atom stereocenters. The molecule has 0 bridgehead atoms. The summed E-state index contributed by atoms with van der Waals surface area (Å²) in [6, 6.07) is 0. The summed E-state index contributed by atoms with van der Waals surface area (Å²) >= 11 is 0. The van der Waals surface area contributed by atoms with E-state index in [9.17, 15) is 0 Å². The summed E-state index contributed by atoms with van der Waals surface area (Å²) in [4.78, 5) is 1.50. The van der Waals surface area contributed by atoms with Crippen molar-refractivity contribution in [1.82, 2.24) is 0 Å². The molecule has 0 saturated carbocycles. The van der Waals surface area contributed by atoms with E-state index in [4.69, 9.17) is 11.1 Å². The molecule has 0 aromatic carbocycles. The van der Waals surface area contributed by atoms with Crippen LogP contribution in [0.4, 0.5) is 0 Å². The Morgan fingerprint density at radius 3 is 0.833 bits per heavy atom. The molecule has 0 radical (unpaired) electrons. The van der Waals surface area contributed by atoms with E-state index in [-0.39, 0.29) is 18.9 Å². The molecule has 0 aliphatic rings. The molecule has 0 aromatic heterocycles. The Hall–Kier alpha value is 0.341. The van der Waals surface area contributed by atoms with Crippen molar-refractivity contribution < 1.29 is 18.9 Å². The van der Waals surface area contributed by atoms with E-state index in [2.05, 4.69) is 39.3 Å². The molecule has 0 spiro atoms. The monoisotopic (exact) mass is 195 g/mol. The van der Waals surface area contributed by atoms with Crippen LogP contribution < -0.4 is 18.9 Å². The molecule has 0 aromatic rings. The summed E-state index contributed by atoms with van der Waals surface area (Å²) in [7, 11) is -1.44. The first-order valence-electron chi connectivity index (χ1n) is 3.65. The van der Waals surface area contributed by atoms with Gasteiger partial charge in [0.1, 0.15) is 0 Å². The Morgan fingerprint density at radius 2 is 0.833 bits per heavy atom. The molecule has 6 heteroatoms. The number of hydrogen-bond acceptors (Lipinski definition) is 0. The van der Waals surface area contributed by atoms with E-state index in [1.165, 1.54) is 4.91 Å². The normalized spacial score (nSPS) is 10.2. The number of nitrogens with zero attached hydrogens (tertiary/aromatic N) is 3. The quantitative estimate of drug-likeness (QED) is 0.255. The third kappa shape index (κ3) is 10.3. The van der Waals surface area contributed by atoms with Crippen LogP contribution in [-0.4, -0.2) is 15.2 Å². The van der Waals surface area contributed by atoms with Crippen molar-refractivity contribution in [3.05, 3.63) is 16.0 Å². The van der Waals surface area contributed by atoms with E-state index < -0.39 is 15.2 Å². The minimum absolute atomic E-state index is 0. The Morgan fingerprint density at radius 1 is 0.750 bits per heavy atom. The van der Waals surface area contributed by atoms with Gasteiger partial charge in [0.2, 0.25) is 0 Å². The summed E-state index contributed by atoms with van der Waals surface area (Å²) in [5.41, 5.74) is 13.5.